The Kier molecular flexibility index (Phi) is 6.19. The maximum absolute atomic E-state index is 12.7. The number of amides is 2. The van der Waals surface area contributed by atoms with Crippen molar-refractivity contribution >= 4 is 40.0 Å². The Morgan fingerprint density at radius 1 is 0.939 bits per heavy atom. The zero-order valence-electron chi connectivity index (χ0n) is 17.5. The van der Waals surface area contributed by atoms with Crippen LogP contribution in [0.4, 0.5) is 5.13 Å². The van der Waals surface area contributed by atoms with Gasteiger partial charge in [0.05, 0.1) is 5.75 Å². The van der Waals surface area contributed by atoms with Crippen LogP contribution in [0, 0.1) is 0 Å². The molecule has 6 nitrogen and oxygen atoms in total. The Labute approximate surface area is 199 Å². The summed E-state index contributed by atoms with van der Waals surface area (Å²) in [6, 6.07) is 27.1. The molecule has 1 aliphatic heterocycles. The minimum absolute atomic E-state index is 0.0635. The molecule has 1 atom stereocenters. The smallest absolute Gasteiger partial charge is 0.257 e. The highest BCUT2D eigenvalue weighted by Crippen LogP contribution is 2.39. The molecule has 0 radical (unpaired) electrons. The summed E-state index contributed by atoms with van der Waals surface area (Å²) >= 11 is 2.94. The number of rotatable bonds is 6. The van der Waals surface area contributed by atoms with Gasteiger partial charge in [-0.15, -0.1) is 22.0 Å². The van der Waals surface area contributed by atoms with E-state index in [-0.39, 0.29) is 17.2 Å². The molecule has 164 valence electrons. The van der Waals surface area contributed by atoms with Gasteiger partial charge in [0, 0.05) is 17.7 Å². The summed E-state index contributed by atoms with van der Waals surface area (Å²) in [6.07, 6.45) is 0. The van der Waals surface area contributed by atoms with Crippen LogP contribution in [-0.2, 0) is 11.3 Å². The molecular formula is C25H20N4O2S2. The average Bonchev–Trinajstić information content (AvgIpc) is 3.47. The van der Waals surface area contributed by atoms with E-state index in [0.29, 0.717) is 23.0 Å². The zero-order valence-corrected chi connectivity index (χ0v) is 19.2. The minimum atomic E-state index is -0.242. The molecular weight excluding hydrogens is 452 g/mol. The van der Waals surface area contributed by atoms with Crippen molar-refractivity contribution in [2.24, 2.45) is 0 Å². The lowest BCUT2D eigenvalue weighted by molar-refractivity contribution is -0.128. The number of carbonyl (C=O) groups excluding carboxylic acids is 2. The van der Waals surface area contributed by atoms with Crippen LogP contribution in [0.5, 0.6) is 0 Å². The number of carbonyl (C=O) groups is 2. The van der Waals surface area contributed by atoms with E-state index < -0.39 is 0 Å². The van der Waals surface area contributed by atoms with E-state index in [4.69, 9.17) is 0 Å². The van der Waals surface area contributed by atoms with Crippen LogP contribution >= 0.6 is 23.1 Å². The molecule has 0 unspecified atom stereocenters. The summed E-state index contributed by atoms with van der Waals surface area (Å²) in [4.78, 5) is 27.1. The molecule has 0 aliphatic carbocycles. The quantitative estimate of drug-likeness (QED) is 0.416. The topological polar surface area (TPSA) is 75.2 Å². The molecule has 1 saturated heterocycles. The van der Waals surface area contributed by atoms with Gasteiger partial charge in [-0.25, -0.2) is 0 Å². The molecule has 2 heterocycles. The first-order chi connectivity index (χ1) is 16.2. The van der Waals surface area contributed by atoms with Gasteiger partial charge in [-0.1, -0.05) is 84.1 Å². The minimum Gasteiger partial charge on any atom is -0.322 e. The Hall–Kier alpha value is -3.49. The fraction of sp³-hybridized carbons (Fsp3) is 0.120. The van der Waals surface area contributed by atoms with Crippen molar-refractivity contribution in [3.8, 4) is 10.6 Å². The van der Waals surface area contributed by atoms with Gasteiger partial charge in [0.25, 0.3) is 5.91 Å². The molecule has 2 amide bonds. The number of hydrogen-bond donors (Lipinski definition) is 1. The van der Waals surface area contributed by atoms with Crippen LogP contribution in [0.2, 0.25) is 0 Å². The molecule has 0 saturated carbocycles. The summed E-state index contributed by atoms with van der Waals surface area (Å²) in [7, 11) is 0. The van der Waals surface area contributed by atoms with E-state index >= 15 is 0 Å². The summed E-state index contributed by atoms with van der Waals surface area (Å²) < 4.78 is 0. The molecule has 1 N–H and O–H groups in total. The van der Waals surface area contributed by atoms with Gasteiger partial charge in [0.2, 0.25) is 11.0 Å². The van der Waals surface area contributed by atoms with Gasteiger partial charge >= 0.3 is 0 Å². The Morgan fingerprint density at radius 2 is 1.64 bits per heavy atom. The second kappa shape index (κ2) is 9.56. The largest absolute Gasteiger partial charge is 0.322 e. The number of benzene rings is 3. The summed E-state index contributed by atoms with van der Waals surface area (Å²) in [6.45, 7) is 0.570. The number of hydrogen-bond acceptors (Lipinski definition) is 6. The average molecular weight is 473 g/mol. The third-order valence-electron chi connectivity index (χ3n) is 5.29. The summed E-state index contributed by atoms with van der Waals surface area (Å²) in [5, 5.41) is 12.2. The van der Waals surface area contributed by atoms with Crippen molar-refractivity contribution < 1.29 is 9.59 Å². The highest BCUT2D eigenvalue weighted by Gasteiger charge is 2.32. The van der Waals surface area contributed by atoms with Crippen LogP contribution in [0.15, 0.2) is 84.9 Å². The van der Waals surface area contributed by atoms with Gasteiger partial charge in [-0.3, -0.25) is 14.9 Å². The van der Waals surface area contributed by atoms with E-state index in [1.807, 2.05) is 77.7 Å². The fourth-order valence-electron chi connectivity index (χ4n) is 3.62. The first kappa shape index (κ1) is 21.4. The normalized spacial score (nSPS) is 15.6. The highest BCUT2D eigenvalue weighted by molar-refractivity contribution is 8.00. The van der Waals surface area contributed by atoms with Crippen LogP contribution < -0.4 is 5.32 Å². The van der Waals surface area contributed by atoms with Gasteiger partial charge in [-0.2, -0.15) is 0 Å². The lowest BCUT2D eigenvalue weighted by Crippen LogP contribution is -2.27. The monoisotopic (exact) mass is 472 g/mol. The molecule has 4 aromatic rings. The van der Waals surface area contributed by atoms with Crippen LogP contribution in [0.3, 0.4) is 0 Å². The Bertz CT molecular complexity index is 1260. The third-order valence-corrected chi connectivity index (χ3v) is 7.43. The number of nitrogens with zero attached hydrogens (tertiary/aromatic N) is 3. The lowest BCUT2D eigenvalue weighted by atomic mass is 10.1. The van der Waals surface area contributed by atoms with Crippen molar-refractivity contribution in [2.45, 2.75) is 11.9 Å². The maximum Gasteiger partial charge on any atom is 0.257 e. The molecule has 0 bridgehead atoms. The van der Waals surface area contributed by atoms with E-state index in [9.17, 15) is 9.59 Å². The van der Waals surface area contributed by atoms with Crippen LogP contribution in [0.1, 0.15) is 26.9 Å². The summed E-state index contributed by atoms with van der Waals surface area (Å²) in [5.74, 6) is 0.343. The predicted octanol–water partition coefficient (Wildman–Crippen LogP) is 5.23. The predicted molar refractivity (Wildman–Crippen MR) is 132 cm³/mol. The SMILES string of the molecule is O=C(Nc1nnc(-c2ccccc2)s1)c1ccc([C@@H]2SCC(=O)N2Cc2ccccc2)cc1. The van der Waals surface area contributed by atoms with E-state index in [2.05, 4.69) is 15.5 Å². The highest BCUT2D eigenvalue weighted by atomic mass is 32.2. The Morgan fingerprint density at radius 3 is 2.36 bits per heavy atom. The van der Waals surface area contributed by atoms with Crippen molar-refractivity contribution in [3.63, 3.8) is 0 Å². The van der Waals surface area contributed by atoms with Crippen LogP contribution in [0.25, 0.3) is 10.6 Å². The van der Waals surface area contributed by atoms with E-state index in [0.717, 1.165) is 21.7 Å². The van der Waals surface area contributed by atoms with Crippen molar-refractivity contribution in [2.75, 3.05) is 11.1 Å². The standard InChI is InChI=1S/C25H20N4O2S2/c30-21-16-32-24(29(21)15-17-7-3-1-4-8-17)20-13-11-18(12-14-20)22(31)26-25-28-27-23(33-25)19-9-5-2-6-10-19/h1-14,24H,15-16H2,(H,26,28,31)/t24-/m0/s1. The Balaban J connectivity index is 1.27. The van der Waals surface area contributed by atoms with Gasteiger partial charge in [0.15, 0.2) is 0 Å². The number of anilines is 1. The second-order valence-electron chi connectivity index (χ2n) is 7.53. The van der Waals surface area contributed by atoms with E-state index in [1.54, 1.807) is 23.9 Å². The number of thioether (sulfide) groups is 1. The maximum atomic E-state index is 12.7. The number of nitrogens with one attached hydrogen (secondary N) is 1. The molecule has 1 aliphatic rings. The molecule has 1 fully saturated rings. The van der Waals surface area contributed by atoms with Crippen molar-refractivity contribution in [1.82, 2.24) is 15.1 Å². The van der Waals surface area contributed by atoms with E-state index in [1.165, 1.54) is 11.3 Å². The first-order valence-electron chi connectivity index (χ1n) is 10.4. The van der Waals surface area contributed by atoms with Crippen LogP contribution in [-0.4, -0.2) is 32.7 Å². The molecule has 5 rings (SSSR count). The summed E-state index contributed by atoms with van der Waals surface area (Å²) in [5.41, 5.74) is 3.59. The lowest BCUT2D eigenvalue weighted by Gasteiger charge is -2.24. The van der Waals surface area contributed by atoms with Gasteiger partial charge in [0.1, 0.15) is 10.4 Å². The third kappa shape index (κ3) is 4.81. The van der Waals surface area contributed by atoms with Crippen molar-refractivity contribution in [1.29, 1.82) is 0 Å². The molecule has 1 aromatic heterocycles. The molecule has 8 heteroatoms. The molecule has 0 spiro atoms. The molecule has 33 heavy (non-hydrogen) atoms. The van der Waals surface area contributed by atoms with Gasteiger partial charge < -0.3 is 4.90 Å². The van der Waals surface area contributed by atoms with Gasteiger partial charge in [-0.05, 0) is 23.3 Å². The molecule has 3 aromatic carbocycles. The second-order valence-corrected chi connectivity index (χ2v) is 9.57. The zero-order chi connectivity index (χ0) is 22.6. The fourth-order valence-corrected chi connectivity index (χ4v) is 5.55. The first-order valence-corrected chi connectivity index (χ1v) is 12.3. The number of aromatic nitrogens is 2. The van der Waals surface area contributed by atoms with Crippen molar-refractivity contribution in [3.05, 3.63) is 102 Å².